The van der Waals surface area contributed by atoms with Gasteiger partial charge in [0, 0.05) is 42.3 Å². The Morgan fingerprint density at radius 1 is 1.23 bits per heavy atom. The van der Waals surface area contributed by atoms with E-state index in [4.69, 9.17) is 4.74 Å². The van der Waals surface area contributed by atoms with Crippen LogP contribution in [-0.2, 0) is 14.3 Å². The molecule has 1 aromatic heterocycles. The van der Waals surface area contributed by atoms with Crippen molar-refractivity contribution in [1.29, 1.82) is 0 Å². The largest absolute Gasteiger partial charge is 0.367 e. The number of aromatic nitrogens is 1. The van der Waals surface area contributed by atoms with Gasteiger partial charge in [-0.1, -0.05) is 0 Å². The summed E-state index contributed by atoms with van der Waals surface area (Å²) in [4.78, 5) is 43.4. The van der Waals surface area contributed by atoms with Crippen molar-refractivity contribution >= 4 is 35.1 Å². The molecule has 8 nitrogen and oxygen atoms in total. The molecule has 0 bridgehead atoms. The van der Waals surface area contributed by atoms with Gasteiger partial charge < -0.3 is 25.3 Å². The first-order chi connectivity index (χ1) is 16.8. The zero-order valence-electron chi connectivity index (χ0n) is 20.3. The first-order valence-corrected chi connectivity index (χ1v) is 12.0. The molecule has 3 N–H and O–H groups in total. The number of nitrogens with zero attached hydrogens (tertiary/aromatic N) is 1. The monoisotopic (exact) mass is 482 g/mol. The van der Waals surface area contributed by atoms with Gasteiger partial charge in [0.15, 0.2) is 6.10 Å². The third kappa shape index (κ3) is 5.14. The fourth-order valence-electron chi connectivity index (χ4n) is 4.72. The maximum atomic E-state index is 13.8. The lowest BCUT2D eigenvalue weighted by Crippen LogP contribution is -2.48. The molecule has 1 fully saturated rings. The number of ether oxygens (including phenoxy) is 1. The molecule has 2 aliphatic rings. The highest BCUT2D eigenvalue weighted by Crippen LogP contribution is 2.34. The van der Waals surface area contributed by atoms with Gasteiger partial charge in [0.25, 0.3) is 17.7 Å². The van der Waals surface area contributed by atoms with Crippen molar-refractivity contribution in [3.63, 3.8) is 0 Å². The summed E-state index contributed by atoms with van der Waals surface area (Å²) in [5, 5.41) is 5.57. The molecule has 1 saturated heterocycles. The fraction of sp³-hybridized carbons (Fsp3) is 0.423. The Balaban J connectivity index is 1.51. The van der Waals surface area contributed by atoms with Crippen LogP contribution in [0.1, 0.15) is 59.1 Å². The van der Waals surface area contributed by atoms with Crippen LogP contribution in [0.25, 0.3) is 11.6 Å². The number of likely N-dealkylation sites (tertiary alicyclic amines) is 1. The lowest BCUT2D eigenvalue weighted by molar-refractivity contribution is -0.144. The molecule has 2 aliphatic heterocycles. The van der Waals surface area contributed by atoms with Gasteiger partial charge in [-0.25, -0.2) is 4.39 Å². The molecule has 186 valence electrons. The molecular formula is C26H31FN4O4. The summed E-state index contributed by atoms with van der Waals surface area (Å²) in [7, 11) is 0. The molecule has 0 radical (unpaired) electrons. The Bertz CT molecular complexity index is 1180. The second kappa shape index (κ2) is 10.4. The number of rotatable bonds is 7. The number of benzene rings is 1. The van der Waals surface area contributed by atoms with Crippen LogP contribution in [0.5, 0.6) is 0 Å². The van der Waals surface area contributed by atoms with Gasteiger partial charge in [0.1, 0.15) is 5.82 Å². The number of nitrogens with one attached hydrogen (secondary N) is 3. The van der Waals surface area contributed by atoms with Crippen LogP contribution < -0.4 is 10.6 Å². The summed E-state index contributed by atoms with van der Waals surface area (Å²) in [5.74, 6) is -1.20. The third-order valence-corrected chi connectivity index (χ3v) is 6.52. The van der Waals surface area contributed by atoms with Gasteiger partial charge in [-0.3, -0.25) is 14.4 Å². The minimum absolute atomic E-state index is 0.0670. The van der Waals surface area contributed by atoms with E-state index in [0.29, 0.717) is 59.0 Å². The summed E-state index contributed by atoms with van der Waals surface area (Å²) < 4.78 is 19.4. The van der Waals surface area contributed by atoms with Crippen LogP contribution in [-0.4, -0.2) is 60.0 Å². The summed E-state index contributed by atoms with van der Waals surface area (Å²) in [6.07, 6.45) is 3.96. The highest BCUT2D eigenvalue weighted by molar-refractivity contribution is 6.34. The van der Waals surface area contributed by atoms with E-state index >= 15 is 0 Å². The van der Waals surface area contributed by atoms with Crippen LogP contribution in [0.2, 0.25) is 0 Å². The molecule has 0 saturated carbocycles. The third-order valence-electron chi connectivity index (χ3n) is 6.52. The standard InChI is InChI=1S/C26H31FN4O4/c1-4-35-22(26(34)31-10-6-5-7-11-31)14-28-25(33)23-15(2)21(29-16(23)3)13-19-18-12-17(27)8-9-20(18)30-24(19)32/h8-9,12-13,22,29H,4-7,10-11,14H2,1-3H3,(H,28,33)(H,30,32)/b19-13-. The quantitative estimate of drug-likeness (QED) is 0.526. The zero-order valence-corrected chi connectivity index (χ0v) is 20.3. The smallest absolute Gasteiger partial charge is 0.256 e. The molecule has 2 aromatic rings. The van der Waals surface area contributed by atoms with Crippen LogP contribution in [0.4, 0.5) is 10.1 Å². The molecule has 0 aliphatic carbocycles. The van der Waals surface area contributed by atoms with E-state index < -0.39 is 11.9 Å². The molecule has 3 amide bonds. The Morgan fingerprint density at radius 3 is 2.69 bits per heavy atom. The van der Waals surface area contributed by atoms with Gasteiger partial charge in [-0.15, -0.1) is 0 Å². The summed E-state index contributed by atoms with van der Waals surface area (Å²) >= 11 is 0. The number of carbonyl (C=O) groups is 3. The van der Waals surface area contributed by atoms with Gasteiger partial charge in [0.05, 0.1) is 17.7 Å². The number of aryl methyl sites for hydroxylation is 1. The fourth-order valence-corrected chi connectivity index (χ4v) is 4.72. The second-order valence-electron chi connectivity index (χ2n) is 8.91. The number of piperidine rings is 1. The molecule has 0 spiro atoms. The first-order valence-electron chi connectivity index (χ1n) is 12.0. The molecule has 1 atom stereocenters. The number of anilines is 1. The molecular weight excluding hydrogens is 451 g/mol. The van der Waals surface area contributed by atoms with Gasteiger partial charge in [-0.2, -0.15) is 0 Å². The number of fused-ring (bicyclic) bond motifs is 1. The molecule has 1 unspecified atom stereocenters. The maximum absolute atomic E-state index is 13.8. The number of amides is 3. The van der Waals surface area contributed by atoms with Crippen LogP contribution in [0.3, 0.4) is 0 Å². The average Bonchev–Trinajstić information content (AvgIpc) is 3.31. The van der Waals surface area contributed by atoms with Gasteiger partial charge in [0.2, 0.25) is 0 Å². The summed E-state index contributed by atoms with van der Waals surface area (Å²) in [6.45, 7) is 7.23. The molecule has 3 heterocycles. The zero-order chi connectivity index (χ0) is 25.1. The van der Waals surface area contributed by atoms with Crippen molar-refractivity contribution in [2.24, 2.45) is 0 Å². The van der Waals surface area contributed by atoms with Crippen molar-refractivity contribution in [3.8, 4) is 0 Å². The van der Waals surface area contributed by atoms with E-state index in [9.17, 15) is 18.8 Å². The van der Waals surface area contributed by atoms with Crippen molar-refractivity contribution in [3.05, 3.63) is 52.1 Å². The summed E-state index contributed by atoms with van der Waals surface area (Å²) in [5.41, 5.74) is 3.64. The molecule has 35 heavy (non-hydrogen) atoms. The Labute approximate surface area is 203 Å². The topological polar surface area (TPSA) is 104 Å². The van der Waals surface area contributed by atoms with Crippen LogP contribution in [0.15, 0.2) is 18.2 Å². The van der Waals surface area contributed by atoms with E-state index in [1.165, 1.54) is 18.2 Å². The van der Waals surface area contributed by atoms with E-state index in [1.54, 1.807) is 24.8 Å². The summed E-state index contributed by atoms with van der Waals surface area (Å²) in [6, 6.07) is 4.13. The van der Waals surface area contributed by atoms with Gasteiger partial charge >= 0.3 is 0 Å². The molecule has 4 rings (SSSR count). The number of hydrogen-bond donors (Lipinski definition) is 3. The Hall–Kier alpha value is -3.46. The lowest BCUT2D eigenvalue weighted by Gasteiger charge is -2.30. The average molecular weight is 483 g/mol. The number of carbonyl (C=O) groups excluding carboxylic acids is 3. The van der Waals surface area contributed by atoms with Crippen molar-refractivity contribution in [2.45, 2.75) is 46.1 Å². The minimum atomic E-state index is -0.739. The highest BCUT2D eigenvalue weighted by Gasteiger charge is 2.28. The lowest BCUT2D eigenvalue weighted by atomic mass is 10.0. The van der Waals surface area contributed by atoms with E-state index in [1.807, 2.05) is 6.92 Å². The van der Waals surface area contributed by atoms with Crippen molar-refractivity contribution in [2.75, 3.05) is 31.6 Å². The first kappa shape index (κ1) is 24.7. The van der Waals surface area contributed by atoms with Crippen molar-refractivity contribution in [1.82, 2.24) is 15.2 Å². The maximum Gasteiger partial charge on any atom is 0.256 e. The highest BCUT2D eigenvalue weighted by atomic mass is 19.1. The predicted octanol–water partition coefficient (Wildman–Crippen LogP) is 3.41. The number of H-pyrrole nitrogens is 1. The van der Waals surface area contributed by atoms with Gasteiger partial charge in [-0.05, 0) is 69.9 Å². The number of aromatic amines is 1. The van der Waals surface area contributed by atoms with E-state index in [-0.39, 0.29) is 24.3 Å². The Kier molecular flexibility index (Phi) is 7.35. The predicted molar refractivity (Wildman–Crippen MR) is 131 cm³/mol. The van der Waals surface area contributed by atoms with E-state index in [0.717, 1.165) is 19.3 Å². The molecule has 1 aromatic carbocycles. The second-order valence-corrected chi connectivity index (χ2v) is 8.91. The van der Waals surface area contributed by atoms with Crippen LogP contribution >= 0.6 is 0 Å². The normalized spacial score (nSPS) is 17.3. The van der Waals surface area contributed by atoms with Crippen molar-refractivity contribution < 1.29 is 23.5 Å². The van der Waals surface area contributed by atoms with E-state index in [2.05, 4.69) is 15.6 Å². The number of halogens is 1. The molecule has 9 heteroatoms. The SMILES string of the molecule is CCOC(CNC(=O)c1c(C)[nH]c(/C=C2\C(=O)Nc3ccc(F)cc32)c1C)C(=O)N1CCCCC1. The minimum Gasteiger partial charge on any atom is -0.367 e. The Morgan fingerprint density at radius 2 is 1.97 bits per heavy atom. The van der Waals surface area contributed by atoms with Crippen LogP contribution in [0, 0.1) is 19.7 Å². The number of hydrogen-bond acceptors (Lipinski definition) is 4.